The van der Waals surface area contributed by atoms with Crippen molar-refractivity contribution in [1.82, 2.24) is 0 Å². The van der Waals surface area contributed by atoms with Crippen molar-refractivity contribution in [2.75, 3.05) is 0 Å². The Balaban J connectivity index is 0.00000204. The molecule has 0 bridgehead atoms. The minimum atomic E-state index is -4.51. The standard InChI is InChI=1S/C28H22O3S.2Na.2H/c29-32(30,31)28-26(20-17-23-12-6-2-7-13-23)25(18-16-22-10-4-1-5-11-22)19-21-27(28)24-14-8-3-9-15-24;;;;/h1-21H,(H,29,30,31);;;;. The third-order valence-corrected chi connectivity index (χ3v) is 6.03. The molecule has 4 aromatic rings. The maximum atomic E-state index is 12.6. The first-order valence-electron chi connectivity index (χ1n) is 10.2. The molecule has 0 saturated carbocycles. The van der Waals surface area contributed by atoms with E-state index in [1.54, 1.807) is 12.1 Å². The van der Waals surface area contributed by atoms with Crippen LogP contribution in [0.15, 0.2) is 108 Å². The van der Waals surface area contributed by atoms with Crippen LogP contribution in [0.3, 0.4) is 0 Å². The van der Waals surface area contributed by atoms with Gasteiger partial charge in [-0.1, -0.05) is 127 Å². The fourth-order valence-electron chi connectivity index (χ4n) is 3.55. The zero-order chi connectivity index (χ0) is 22.4. The van der Waals surface area contributed by atoms with Gasteiger partial charge in [0.1, 0.15) is 4.90 Å². The molecule has 0 aliphatic heterocycles. The molecule has 0 heterocycles. The molecular weight excluding hydrogens is 462 g/mol. The van der Waals surface area contributed by atoms with Gasteiger partial charge in [-0.25, -0.2) is 0 Å². The van der Waals surface area contributed by atoms with Crippen LogP contribution in [-0.4, -0.2) is 72.1 Å². The first kappa shape index (κ1) is 28.5. The zero-order valence-corrected chi connectivity index (χ0v) is 18.1. The summed E-state index contributed by atoms with van der Waals surface area (Å²) in [6, 6.07) is 32.2. The Morgan fingerprint density at radius 1 is 0.559 bits per heavy atom. The summed E-state index contributed by atoms with van der Waals surface area (Å²) in [6.07, 6.45) is 7.38. The summed E-state index contributed by atoms with van der Waals surface area (Å²) in [6.45, 7) is 0. The molecule has 1 N–H and O–H groups in total. The quantitative estimate of drug-likeness (QED) is 0.218. The van der Waals surface area contributed by atoms with E-state index in [0.29, 0.717) is 22.3 Å². The van der Waals surface area contributed by atoms with Gasteiger partial charge in [-0.15, -0.1) is 0 Å². The van der Waals surface area contributed by atoms with Crippen molar-refractivity contribution in [3.8, 4) is 11.1 Å². The Labute approximate surface area is 245 Å². The van der Waals surface area contributed by atoms with Gasteiger partial charge < -0.3 is 0 Å². The van der Waals surface area contributed by atoms with Crippen LogP contribution in [0.5, 0.6) is 0 Å². The third kappa shape index (κ3) is 7.38. The van der Waals surface area contributed by atoms with Crippen LogP contribution >= 0.6 is 0 Å². The summed E-state index contributed by atoms with van der Waals surface area (Å²) in [4.78, 5) is -0.105. The van der Waals surface area contributed by atoms with Crippen LogP contribution in [0.25, 0.3) is 35.4 Å². The van der Waals surface area contributed by atoms with E-state index < -0.39 is 10.1 Å². The van der Waals surface area contributed by atoms with E-state index in [1.165, 1.54) is 0 Å². The minimum absolute atomic E-state index is 0. The molecule has 0 aliphatic rings. The molecule has 3 nitrogen and oxygen atoms in total. The van der Waals surface area contributed by atoms with E-state index in [4.69, 9.17) is 0 Å². The Morgan fingerprint density at radius 2 is 1.03 bits per heavy atom. The van der Waals surface area contributed by atoms with E-state index in [0.717, 1.165) is 11.1 Å². The van der Waals surface area contributed by atoms with Crippen LogP contribution in [0.4, 0.5) is 0 Å². The summed E-state index contributed by atoms with van der Waals surface area (Å²) in [7, 11) is -4.51. The molecule has 0 fully saturated rings. The van der Waals surface area contributed by atoms with Gasteiger partial charge >= 0.3 is 59.1 Å². The number of hydrogen-bond acceptors (Lipinski definition) is 2. The van der Waals surface area contributed by atoms with Crippen molar-refractivity contribution >= 4 is 93.5 Å². The van der Waals surface area contributed by atoms with Gasteiger partial charge in [0.2, 0.25) is 0 Å². The summed E-state index contributed by atoms with van der Waals surface area (Å²) in [5.41, 5.74) is 4.21. The Kier molecular flexibility index (Phi) is 11.2. The molecule has 0 spiro atoms. The van der Waals surface area contributed by atoms with E-state index in [-0.39, 0.29) is 64.0 Å². The molecule has 162 valence electrons. The normalized spacial score (nSPS) is 11.2. The molecule has 4 aromatic carbocycles. The molecule has 0 amide bonds. The molecule has 0 aromatic heterocycles. The summed E-state index contributed by atoms with van der Waals surface area (Å²) in [5, 5.41) is 0. The van der Waals surface area contributed by atoms with Crippen LogP contribution in [0.2, 0.25) is 0 Å². The molecule has 6 heteroatoms. The predicted octanol–water partition coefficient (Wildman–Crippen LogP) is 5.64. The zero-order valence-electron chi connectivity index (χ0n) is 17.3. The van der Waals surface area contributed by atoms with Crippen molar-refractivity contribution in [2.24, 2.45) is 0 Å². The van der Waals surface area contributed by atoms with Crippen molar-refractivity contribution in [3.63, 3.8) is 0 Å². The summed E-state index contributed by atoms with van der Waals surface area (Å²) < 4.78 is 35.4. The topological polar surface area (TPSA) is 54.4 Å². The van der Waals surface area contributed by atoms with Gasteiger partial charge in [-0.2, -0.15) is 8.42 Å². The van der Waals surface area contributed by atoms with Crippen LogP contribution in [0.1, 0.15) is 22.3 Å². The molecule has 0 unspecified atom stereocenters. The van der Waals surface area contributed by atoms with Gasteiger partial charge in [0.05, 0.1) is 0 Å². The molecule has 0 atom stereocenters. The SMILES string of the molecule is O=S(=O)(O)c1c(-c2ccccc2)ccc(C=Cc2ccccc2)c1C=Cc1ccccc1.[NaH].[NaH]. The first-order chi connectivity index (χ1) is 15.5. The Morgan fingerprint density at radius 3 is 1.53 bits per heavy atom. The fraction of sp³-hybridized carbons (Fsp3) is 0. The van der Waals surface area contributed by atoms with Gasteiger partial charge in [0, 0.05) is 11.1 Å². The van der Waals surface area contributed by atoms with Crippen LogP contribution < -0.4 is 0 Å². The Hall–Kier alpha value is -1.73. The summed E-state index contributed by atoms with van der Waals surface area (Å²) in [5.74, 6) is 0. The second kappa shape index (κ2) is 13.4. The predicted molar refractivity (Wildman–Crippen MR) is 147 cm³/mol. The van der Waals surface area contributed by atoms with Crippen molar-refractivity contribution in [2.45, 2.75) is 4.90 Å². The molecule has 0 radical (unpaired) electrons. The molecule has 34 heavy (non-hydrogen) atoms. The van der Waals surface area contributed by atoms with Crippen LogP contribution in [-0.2, 0) is 10.1 Å². The van der Waals surface area contributed by atoms with Crippen molar-refractivity contribution in [1.29, 1.82) is 0 Å². The number of hydrogen-bond donors (Lipinski definition) is 1. The van der Waals surface area contributed by atoms with E-state index in [9.17, 15) is 13.0 Å². The fourth-order valence-corrected chi connectivity index (χ4v) is 4.48. The molecule has 4 rings (SSSR count). The van der Waals surface area contributed by atoms with Gasteiger partial charge in [0.25, 0.3) is 10.1 Å². The van der Waals surface area contributed by atoms with Crippen molar-refractivity contribution in [3.05, 3.63) is 125 Å². The first-order valence-corrected chi connectivity index (χ1v) is 11.6. The second-order valence-electron chi connectivity index (χ2n) is 7.27. The maximum absolute atomic E-state index is 12.6. The number of benzene rings is 4. The monoisotopic (exact) mass is 486 g/mol. The van der Waals surface area contributed by atoms with E-state index in [1.807, 2.05) is 115 Å². The summed E-state index contributed by atoms with van der Waals surface area (Å²) >= 11 is 0. The van der Waals surface area contributed by atoms with Gasteiger partial charge in [0.15, 0.2) is 0 Å². The molecule has 0 aliphatic carbocycles. The second-order valence-corrected chi connectivity index (χ2v) is 8.63. The Bertz CT molecular complexity index is 1370. The van der Waals surface area contributed by atoms with Gasteiger partial charge in [-0.3, -0.25) is 4.55 Å². The van der Waals surface area contributed by atoms with Crippen molar-refractivity contribution < 1.29 is 13.0 Å². The average molecular weight is 487 g/mol. The van der Waals surface area contributed by atoms with Gasteiger partial charge in [-0.05, 0) is 22.3 Å². The van der Waals surface area contributed by atoms with E-state index >= 15 is 0 Å². The van der Waals surface area contributed by atoms with Crippen LogP contribution in [0, 0.1) is 0 Å². The number of rotatable bonds is 6. The molecular formula is C28H24Na2O3S. The average Bonchev–Trinajstić information content (AvgIpc) is 2.82. The molecule has 0 saturated heterocycles. The van der Waals surface area contributed by atoms with E-state index in [2.05, 4.69) is 0 Å². The third-order valence-electron chi connectivity index (χ3n) is 5.07.